The van der Waals surface area contributed by atoms with E-state index in [1.165, 1.54) is 0 Å². The van der Waals surface area contributed by atoms with Gasteiger partial charge in [-0.25, -0.2) is 4.79 Å². The normalized spacial score (nSPS) is 10.3. The molecule has 0 aliphatic rings. The molecule has 0 atom stereocenters. The largest absolute Gasteiger partial charge is 0.457 e. The zero-order chi connectivity index (χ0) is 14.4. The average molecular weight is 334 g/mol. The molecular weight excluding hydrogens is 318 g/mol. The molecule has 0 unspecified atom stereocenters. The van der Waals surface area contributed by atoms with Gasteiger partial charge in [0.25, 0.3) is 0 Å². The van der Waals surface area contributed by atoms with Gasteiger partial charge in [-0.3, -0.25) is 0 Å². The first-order valence-electron chi connectivity index (χ1n) is 6.40. The summed E-state index contributed by atoms with van der Waals surface area (Å²) in [5, 5.41) is 0. The molecule has 4 heteroatoms. The van der Waals surface area contributed by atoms with Crippen molar-refractivity contribution in [1.82, 2.24) is 0 Å². The van der Waals surface area contributed by atoms with Crippen LogP contribution in [0.4, 0.5) is 0 Å². The van der Waals surface area contributed by atoms with Crippen LogP contribution in [0.15, 0.2) is 53.0 Å². The minimum absolute atomic E-state index is 0.259. The molecule has 0 bridgehead atoms. The third kappa shape index (κ3) is 3.92. The summed E-state index contributed by atoms with van der Waals surface area (Å²) in [6.07, 6.45) is 0.669. The first kappa shape index (κ1) is 14.8. The van der Waals surface area contributed by atoms with Gasteiger partial charge in [0.2, 0.25) is 0 Å². The number of halogens is 1. The van der Waals surface area contributed by atoms with Crippen LogP contribution in [0.1, 0.15) is 21.5 Å². The Morgan fingerprint density at radius 3 is 2.70 bits per heavy atom. The molecule has 0 saturated carbocycles. The van der Waals surface area contributed by atoms with Gasteiger partial charge in [0, 0.05) is 4.47 Å². The molecule has 0 heterocycles. The molecule has 104 valence electrons. The number of esters is 1. The second kappa shape index (κ2) is 7.22. The summed E-state index contributed by atoms with van der Waals surface area (Å²) in [5.74, 6) is -0.311. The SMILES string of the molecule is NCCc1ccccc1C(=O)OCc1cccc(Br)c1. The second-order valence-corrected chi connectivity index (χ2v) is 5.32. The predicted molar refractivity (Wildman–Crippen MR) is 82.5 cm³/mol. The van der Waals surface area contributed by atoms with Crippen molar-refractivity contribution in [3.8, 4) is 0 Å². The highest BCUT2D eigenvalue weighted by Gasteiger charge is 2.11. The van der Waals surface area contributed by atoms with E-state index in [2.05, 4.69) is 15.9 Å². The molecule has 20 heavy (non-hydrogen) atoms. The summed E-state index contributed by atoms with van der Waals surface area (Å²) in [5.41, 5.74) is 8.02. The fraction of sp³-hybridized carbons (Fsp3) is 0.188. The van der Waals surface area contributed by atoms with Crippen LogP contribution < -0.4 is 5.73 Å². The molecule has 2 aromatic carbocycles. The minimum atomic E-state index is -0.311. The molecule has 0 radical (unpaired) electrons. The lowest BCUT2D eigenvalue weighted by Gasteiger charge is -2.09. The maximum absolute atomic E-state index is 12.1. The second-order valence-electron chi connectivity index (χ2n) is 4.40. The monoisotopic (exact) mass is 333 g/mol. The van der Waals surface area contributed by atoms with Crippen LogP contribution in [0, 0.1) is 0 Å². The molecule has 2 aromatic rings. The van der Waals surface area contributed by atoms with Gasteiger partial charge in [0.1, 0.15) is 6.61 Å². The number of carbonyl (C=O) groups excluding carboxylic acids is 1. The smallest absolute Gasteiger partial charge is 0.338 e. The summed E-state index contributed by atoms with van der Waals surface area (Å²) in [7, 11) is 0. The summed E-state index contributed by atoms with van der Waals surface area (Å²) in [6.45, 7) is 0.769. The van der Waals surface area contributed by atoms with Gasteiger partial charge < -0.3 is 10.5 Å². The number of hydrogen-bond acceptors (Lipinski definition) is 3. The molecule has 0 aliphatic carbocycles. The number of nitrogens with two attached hydrogens (primary N) is 1. The zero-order valence-corrected chi connectivity index (χ0v) is 12.6. The van der Waals surface area contributed by atoms with Crippen LogP contribution in [-0.2, 0) is 17.8 Å². The first-order chi connectivity index (χ1) is 9.70. The van der Waals surface area contributed by atoms with Gasteiger partial charge in [-0.2, -0.15) is 0 Å². The van der Waals surface area contributed by atoms with Crippen LogP contribution in [0.25, 0.3) is 0 Å². The van der Waals surface area contributed by atoms with E-state index >= 15 is 0 Å². The van der Waals surface area contributed by atoms with Gasteiger partial charge >= 0.3 is 5.97 Å². The minimum Gasteiger partial charge on any atom is -0.457 e. The molecule has 0 aliphatic heterocycles. The number of benzene rings is 2. The molecule has 3 nitrogen and oxygen atoms in total. The van der Waals surface area contributed by atoms with Gasteiger partial charge in [-0.15, -0.1) is 0 Å². The molecule has 0 fully saturated rings. The van der Waals surface area contributed by atoms with E-state index in [0.717, 1.165) is 15.6 Å². The number of rotatable bonds is 5. The summed E-state index contributed by atoms with van der Waals surface area (Å²) < 4.78 is 6.32. The van der Waals surface area contributed by atoms with E-state index in [1.807, 2.05) is 42.5 Å². The molecule has 0 amide bonds. The van der Waals surface area contributed by atoms with Crippen molar-refractivity contribution < 1.29 is 9.53 Å². The van der Waals surface area contributed by atoms with Gasteiger partial charge in [0.05, 0.1) is 5.56 Å². The fourth-order valence-corrected chi connectivity index (χ4v) is 2.39. The topological polar surface area (TPSA) is 52.3 Å². The third-order valence-electron chi connectivity index (χ3n) is 2.91. The number of ether oxygens (including phenoxy) is 1. The van der Waals surface area contributed by atoms with Crippen LogP contribution in [0.5, 0.6) is 0 Å². The fourth-order valence-electron chi connectivity index (χ4n) is 1.95. The predicted octanol–water partition coefficient (Wildman–Crippen LogP) is 3.31. The quantitative estimate of drug-likeness (QED) is 0.854. The van der Waals surface area contributed by atoms with Crippen molar-refractivity contribution in [2.45, 2.75) is 13.0 Å². The lowest BCUT2D eigenvalue weighted by molar-refractivity contribution is 0.0471. The number of hydrogen-bond donors (Lipinski definition) is 1. The van der Waals surface area contributed by atoms with Crippen molar-refractivity contribution in [3.63, 3.8) is 0 Å². The van der Waals surface area contributed by atoms with E-state index < -0.39 is 0 Å². The van der Waals surface area contributed by atoms with Crippen LogP contribution in [-0.4, -0.2) is 12.5 Å². The maximum atomic E-state index is 12.1. The van der Waals surface area contributed by atoms with E-state index in [0.29, 0.717) is 18.5 Å². The van der Waals surface area contributed by atoms with Crippen molar-refractivity contribution in [3.05, 3.63) is 69.7 Å². The van der Waals surface area contributed by atoms with Crippen molar-refractivity contribution >= 4 is 21.9 Å². The molecule has 0 saturated heterocycles. The molecular formula is C16H16BrNO2. The van der Waals surface area contributed by atoms with Crippen molar-refractivity contribution in [2.24, 2.45) is 5.73 Å². The molecule has 0 aromatic heterocycles. The Morgan fingerprint density at radius 1 is 1.15 bits per heavy atom. The maximum Gasteiger partial charge on any atom is 0.338 e. The molecule has 2 N–H and O–H groups in total. The van der Waals surface area contributed by atoms with Gasteiger partial charge in [0.15, 0.2) is 0 Å². The average Bonchev–Trinajstić information content (AvgIpc) is 2.46. The Balaban J connectivity index is 2.05. The van der Waals surface area contributed by atoms with E-state index in [4.69, 9.17) is 10.5 Å². The highest BCUT2D eigenvalue weighted by Crippen LogP contribution is 2.15. The van der Waals surface area contributed by atoms with Crippen LogP contribution in [0.3, 0.4) is 0 Å². The first-order valence-corrected chi connectivity index (χ1v) is 7.19. The Bertz CT molecular complexity index is 599. The Kier molecular flexibility index (Phi) is 5.32. The zero-order valence-electron chi connectivity index (χ0n) is 11.0. The highest BCUT2D eigenvalue weighted by atomic mass is 79.9. The van der Waals surface area contributed by atoms with Crippen molar-refractivity contribution in [1.29, 1.82) is 0 Å². The standard InChI is InChI=1S/C16H16BrNO2/c17-14-6-3-4-12(10-14)11-20-16(19)15-7-2-1-5-13(15)8-9-18/h1-7,10H,8-9,11,18H2. The summed E-state index contributed by atoms with van der Waals surface area (Å²) in [6, 6.07) is 15.1. The Hall–Kier alpha value is -1.65. The summed E-state index contributed by atoms with van der Waals surface area (Å²) >= 11 is 3.39. The van der Waals surface area contributed by atoms with Crippen LogP contribution >= 0.6 is 15.9 Å². The molecule has 2 rings (SSSR count). The lowest BCUT2D eigenvalue weighted by atomic mass is 10.0. The van der Waals surface area contributed by atoms with Gasteiger partial charge in [-0.05, 0) is 42.3 Å². The Morgan fingerprint density at radius 2 is 1.95 bits per heavy atom. The van der Waals surface area contributed by atoms with Crippen molar-refractivity contribution in [2.75, 3.05) is 6.54 Å². The van der Waals surface area contributed by atoms with Gasteiger partial charge in [-0.1, -0.05) is 46.3 Å². The number of carbonyl (C=O) groups is 1. The lowest BCUT2D eigenvalue weighted by Crippen LogP contribution is -2.11. The van der Waals surface area contributed by atoms with E-state index in [9.17, 15) is 4.79 Å². The Labute approximate surface area is 126 Å². The summed E-state index contributed by atoms with van der Waals surface area (Å²) in [4.78, 5) is 12.1. The van der Waals surface area contributed by atoms with E-state index in [1.54, 1.807) is 6.07 Å². The van der Waals surface area contributed by atoms with Crippen LogP contribution in [0.2, 0.25) is 0 Å². The van der Waals surface area contributed by atoms with E-state index in [-0.39, 0.29) is 12.6 Å². The highest BCUT2D eigenvalue weighted by molar-refractivity contribution is 9.10. The third-order valence-corrected chi connectivity index (χ3v) is 3.40. The molecule has 0 spiro atoms.